The van der Waals surface area contributed by atoms with E-state index in [0.717, 1.165) is 36.3 Å². The van der Waals surface area contributed by atoms with E-state index in [2.05, 4.69) is 4.90 Å². The van der Waals surface area contributed by atoms with Crippen LogP contribution in [0.5, 0.6) is 0 Å². The van der Waals surface area contributed by atoms with Crippen molar-refractivity contribution in [3.05, 3.63) is 71.3 Å². The molecular weight excluding hydrogens is 328 g/mol. The predicted octanol–water partition coefficient (Wildman–Crippen LogP) is 1.43. The van der Waals surface area contributed by atoms with Crippen LogP contribution in [0.1, 0.15) is 16.7 Å². The van der Waals surface area contributed by atoms with Gasteiger partial charge in [0.1, 0.15) is 6.10 Å². The molecule has 0 radical (unpaired) electrons. The number of piperazine rings is 1. The van der Waals surface area contributed by atoms with Crippen molar-refractivity contribution in [1.29, 1.82) is 0 Å². The number of hydrogen-bond acceptors (Lipinski definition) is 4. The molecule has 2 aromatic rings. The van der Waals surface area contributed by atoms with Gasteiger partial charge in [-0.05, 0) is 16.7 Å². The van der Waals surface area contributed by atoms with E-state index in [4.69, 9.17) is 0 Å². The Kier molecular flexibility index (Phi) is 6.39. The van der Waals surface area contributed by atoms with E-state index in [9.17, 15) is 15.0 Å². The maximum atomic E-state index is 12.5. The van der Waals surface area contributed by atoms with Gasteiger partial charge in [0.15, 0.2) is 0 Å². The molecule has 2 aromatic carbocycles. The van der Waals surface area contributed by atoms with Crippen LogP contribution in [0.25, 0.3) is 0 Å². The van der Waals surface area contributed by atoms with Crippen molar-refractivity contribution in [2.24, 2.45) is 0 Å². The van der Waals surface area contributed by atoms with Crippen LogP contribution in [0, 0.1) is 0 Å². The van der Waals surface area contributed by atoms with Crippen molar-refractivity contribution >= 4 is 5.91 Å². The van der Waals surface area contributed by atoms with Gasteiger partial charge in [-0.2, -0.15) is 0 Å². The third kappa shape index (κ3) is 4.69. The standard InChI is InChI=1S/C21H26N2O3/c24-16-19-9-5-4-8-18(19)15-22-10-12-23(13-11-22)21(26)20(25)14-17-6-2-1-3-7-17/h1-9,20,24-25H,10-16H2/t20-/m0/s1. The van der Waals surface area contributed by atoms with Gasteiger partial charge in [0.25, 0.3) is 5.91 Å². The highest BCUT2D eigenvalue weighted by atomic mass is 16.3. The second-order valence-electron chi connectivity index (χ2n) is 6.73. The van der Waals surface area contributed by atoms with E-state index in [1.807, 2.05) is 54.6 Å². The highest BCUT2D eigenvalue weighted by molar-refractivity contribution is 5.81. The van der Waals surface area contributed by atoms with Gasteiger partial charge >= 0.3 is 0 Å². The molecule has 0 spiro atoms. The Morgan fingerprint density at radius 2 is 1.54 bits per heavy atom. The Balaban J connectivity index is 1.50. The van der Waals surface area contributed by atoms with E-state index in [1.165, 1.54) is 0 Å². The summed E-state index contributed by atoms with van der Waals surface area (Å²) in [5.41, 5.74) is 3.04. The number of aliphatic hydroxyl groups is 2. The Hall–Kier alpha value is -2.21. The van der Waals surface area contributed by atoms with Crippen LogP contribution in [-0.2, 0) is 24.4 Å². The molecule has 26 heavy (non-hydrogen) atoms. The van der Waals surface area contributed by atoms with Crippen LogP contribution in [0.15, 0.2) is 54.6 Å². The summed E-state index contributed by atoms with van der Waals surface area (Å²) >= 11 is 0. The molecule has 1 fully saturated rings. The molecule has 1 atom stereocenters. The van der Waals surface area contributed by atoms with Gasteiger partial charge in [0.2, 0.25) is 0 Å². The lowest BCUT2D eigenvalue weighted by molar-refractivity contribution is -0.142. The summed E-state index contributed by atoms with van der Waals surface area (Å²) in [5, 5.41) is 19.7. The first-order valence-corrected chi connectivity index (χ1v) is 9.08. The van der Waals surface area contributed by atoms with Gasteiger partial charge < -0.3 is 15.1 Å². The first-order valence-electron chi connectivity index (χ1n) is 9.08. The topological polar surface area (TPSA) is 64.0 Å². The van der Waals surface area contributed by atoms with Crippen LogP contribution in [-0.4, -0.2) is 58.2 Å². The fraction of sp³-hybridized carbons (Fsp3) is 0.381. The first-order chi connectivity index (χ1) is 12.7. The third-order valence-electron chi connectivity index (χ3n) is 4.92. The fourth-order valence-electron chi connectivity index (χ4n) is 3.37. The quantitative estimate of drug-likeness (QED) is 0.824. The molecule has 1 aliphatic rings. The van der Waals surface area contributed by atoms with Crippen molar-refractivity contribution in [3.63, 3.8) is 0 Å². The molecule has 0 unspecified atom stereocenters. The van der Waals surface area contributed by atoms with E-state index < -0.39 is 6.10 Å². The molecule has 0 saturated carbocycles. The molecule has 1 amide bonds. The summed E-state index contributed by atoms with van der Waals surface area (Å²) in [7, 11) is 0. The smallest absolute Gasteiger partial charge is 0.251 e. The summed E-state index contributed by atoms with van der Waals surface area (Å²) in [6.45, 7) is 3.58. The zero-order valence-corrected chi connectivity index (χ0v) is 14.9. The molecular formula is C21H26N2O3. The molecule has 138 valence electrons. The fourth-order valence-corrected chi connectivity index (χ4v) is 3.37. The first kappa shape index (κ1) is 18.6. The van der Waals surface area contributed by atoms with E-state index in [0.29, 0.717) is 19.5 Å². The number of nitrogens with zero attached hydrogens (tertiary/aromatic N) is 2. The second-order valence-corrected chi connectivity index (χ2v) is 6.73. The van der Waals surface area contributed by atoms with Gasteiger partial charge in [-0.3, -0.25) is 9.69 Å². The monoisotopic (exact) mass is 354 g/mol. The van der Waals surface area contributed by atoms with Crippen LogP contribution in [0.4, 0.5) is 0 Å². The second kappa shape index (κ2) is 8.94. The maximum absolute atomic E-state index is 12.5. The average molecular weight is 354 g/mol. The van der Waals surface area contributed by atoms with Gasteiger partial charge in [-0.1, -0.05) is 54.6 Å². The number of hydrogen-bond donors (Lipinski definition) is 2. The van der Waals surface area contributed by atoms with Crippen molar-refractivity contribution < 1.29 is 15.0 Å². The van der Waals surface area contributed by atoms with Crippen molar-refractivity contribution in [2.75, 3.05) is 26.2 Å². The highest BCUT2D eigenvalue weighted by Crippen LogP contribution is 2.14. The van der Waals surface area contributed by atoms with E-state index >= 15 is 0 Å². The Bertz CT molecular complexity index is 712. The summed E-state index contributed by atoms with van der Waals surface area (Å²) in [6, 6.07) is 17.5. The SMILES string of the molecule is O=C([C@@H](O)Cc1ccccc1)N1CCN(Cc2ccccc2CO)CC1. The average Bonchev–Trinajstić information content (AvgIpc) is 2.69. The number of aliphatic hydroxyl groups excluding tert-OH is 2. The summed E-state index contributed by atoms with van der Waals surface area (Å²) in [4.78, 5) is 16.5. The summed E-state index contributed by atoms with van der Waals surface area (Å²) in [5.74, 6) is -0.190. The van der Waals surface area contributed by atoms with Crippen molar-refractivity contribution in [1.82, 2.24) is 9.80 Å². The lowest BCUT2D eigenvalue weighted by Crippen LogP contribution is -2.51. The molecule has 0 aliphatic carbocycles. The van der Waals surface area contributed by atoms with Gasteiger partial charge in [0.05, 0.1) is 6.61 Å². The minimum atomic E-state index is -0.987. The Labute approximate surface area is 154 Å². The van der Waals surface area contributed by atoms with Crippen LogP contribution in [0.2, 0.25) is 0 Å². The molecule has 5 heteroatoms. The molecule has 1 saturated heterocycles. The maximum Gasteiger partial charge on any atom is 0.251 e. The third-order valence-corrected chi connectivity index (χ3v) is 4.92. The van der Waals surface area contributed by atoms with Crippen LogP contribution < -0.4 is 0 Å². The van der Waals surface area contributed by atoms with E-state index in [1.54, 1.807) is 4.90 Å². The highest BCUT2D eigenvalue weighted by Gasteiger charge is 2.26. The molecule has 0 aromatic heterocycles. The molecule has 2 N–H and O–H groups in total. The Morgan fingerprint density at radius 1 is 0.923 bits per heavy atom. The number of amides is 1. The van der Waals surface area contributed by atoms with Crippen molar-refractivity contribution in [3.8, 4) is 0 Å². The largest absolute Gasteiger partial charge is 0.392 e. The summed E-state index contributed by atoms with van der Waals surface area (Å²) in [6.07, 6.45) is -0.636. The summed E-state index contributed by atoms with van der Waals surface area (Å²) < 4.78 is 0. The normalized spacial score (nSPS) is 16.5. The lowest BCUT2D eigenvalue weighted by atomic mass is 10.1. The molecule has 1 heterocycles. The molecule has 5 nitrogen and oxygen atoms in total. The minimum Gasteiger partial charge on any atom is -0.392 e. The molecule has 3 rings (SSSR count). The number of carbonyl (C=O) groups excluding carboxylic acids is 1. The van der Waals surface area contributed by atoms with Crippen LogP contribution in [0.3, 0.4) is 0 Å². The molecule has 0 bridgehead atoms. The van der Waals surface area contributed by atoms with Crippen molar-refractivity contribution in [2.45, 2.75) is 25.7 Å². The Morgan fingerprint density at radius 3 is 2.19 bits per heavy atom. The number of benzene rings is 2. The van der Waals surface area contributed by atoms with E-state index in [-0.39, 0.29) is 12.5 Å². The zero-order chi connectivity index (χ0) is 18.4. The minimum absolute atomic E-state index is 0.0420. The van der Waals surface area contributed by atoms with Crippen LogP contribution >= 0.6 is 0 Å². The number of rotatable bonds is 6. The number of carbonyl (C=O) groups is 1. The van der Waals surface area contributed by atoms with Gasteiger partial charge in [-0.15, -0.1) is 0 Å². The predicted molar refractivity (Wildman–Crippen MR) is 100 cm³/mol. The van der Waals surface area contributed by atoms with Gasteiger partial charge in [0, 0.05) is 39.1 Å². The lowest BCUT2D eigenvalue weighted by Gasteiger charge is -2.36. The molecule has 1 aliphatic heterocycles. The zero-order valence-electron chi connectivity index (χ0n) is 14.9. The van der Waals surface area contributed by atoms with Gasteiger partial charge in [-0.25, -0.2) is 0 Å².